The SMILES string of the molecule is Cc1nc(-c2ccc(S(=O)(=O)NCCNc3cc(N(C)C)cnn3)cc2)co1. The average Bonchev–Trinajstić information content (AvgIpc) is 3.12. The maximum Gasteiger partial charge on any atom is 0.240 e. The Balaban J connectivity index is 1.56. The summed E-state index contributed by atoms with van der Waals surface area (Å²) in [7, 11) is 0.205. The van der Waals surface area contributed by atoms with E-state index in [0.717, 1.165) is 11.3 Å². The molecule has 0 saturated heterocycles. The molecule has 0 aliphatic rings. The molecule has 0 saturated carbocycles. The Morgan fingerprint density at radius 3 is 2.54 bits per heavy atom. The molecule has 2 N–H and O–H groups in total. The minimum atomic E-state index is -3.61. The molecule has 3 aromatic rings. The van der Waals surface area contributed by atoms with Crippen LogP contribution >= 0.6 is 0 Å². The zero-order chi connectivity index (χ0) is 20.1. The molecular formula is C18H22N6O3S. The van der Waals surface area contributed by atoms with E-state index < -0.39 is 10.0 Å². The Hall–Kier alpha value is -2.98. The predicted molar refractivity (Wildman–Crippen MR) is 107 cm³/mol. The van der Waals surface area contributed by atoms with Gasteiger partial charge in [-0.15, -0.1) is 5.10 Å². The van der Waals surface area contributed by atoms with Crippen LogP contribution in [0, 0.1) is 6.92 Å². The Morgan fingerprint density at radius 2 is 1.89 bits per heavy atom. The van der Waals surface area contributed by atoms with Gasteiger partial charge in [-0.2, -0.15) is 5.10 Å². The fraction of sp³-hybridized carbons (Fsp3) is 0.278. The smallest absolute Gasteiger partial charge is 0.240 e. The molecule has 0 radical (unpaired) electrons. The van der Waals surface area contributed by atoms with Crippen LogP contribution in [0.1, 0.15) is 5.89 Å². The Kier molecular flexibility index (Phi) is 5.90. The van der Waals surface area contributed by atoms with Gasteiger partial charge in [0.15, 0.2) is 11.7 Å². The zero-order valence-electron chi connectivity index (χ0n) is 15.9. The van der Waals surface area contributed by atoms with E-state index in [1.165, 1.54) is 6.26 Å². The standard InChI is InChI=1S/C18H22N6O3S/c1-13-22-17(12-27-13)14-4-6-16(7-5-14)28(25,26)21-9-8-19-18-10-15(24(2)3)11-20-23-18/h4-7,10-12,21H,8-9H2,1-3H3,(H,19,23). The molecule has 9 nitrogen and oxygen atoms in total. The first-order chi connectivity index (χ1) is 13.3. The Morgan fingerprint density at radius 1 is 1.14 bits per heavy atom. The Bertz CT molecular complexity index is 1030. The highest BCUT2D eigenvalue weighted by Gasteiger charge is 2.14. The number of nitrogens with zero attached hydrogens (tertiary/aromatic N) is 4. The lowest BCUT2D eigenvalue weighted by Crippen LogP contribution is -2.29. The van der Waals surface area contributed by atoms with E-state index in [-0.39, 0.29) is 11.4 Å². The summed E-state index contributed by atoms with van der Waals surface area (Å²) in [5, 5.41) is 10.9. The fourth-order valence-corrected chi connectivity index (χ4v) is 3.48. The van der Waals surface area contributed by atoms with Gasteiger partial charge in [0.05, 0.1) is 16.8 Å². The van der Waals surface area contributed by atoms with Gasteiger partial charge in [-0.25, -0.2) is 18.1 Å². The molecule has 0 atom stereocenters. The van der Waals surface area contributed by atoms with Crippen molar-refractivity contribution in [3.05, 3.63) is 48.7 Å². The number of nitrogens with one attached hydrogen (secondary N) is 2. The summed E-state index contributed by atoms with van der Waals surface area (Å²) < 4.78 is 32.6. The van der Waals surface area contributed by atoms with E-state index in [1.54, 1.807) is 37.4 Å². The molecule has 2 heterocycles. The molecule has 0 fully saturated rings. The lowest BCUT2D eigenvalue weighted by atomic mass is 10.2. The molecule has 0 spiro atoms. The second kappa shape index (κ2) is 8.36. The molecule has 148 valence electrons. The maximum atomic E-state index is 12.4. The van der Waals surface area contributed by atoms with Crippen LogP contribution in [0.5, 0.6) is 0 Å². The predicted octanol–water partition coefficient (Wildman–Crippen LogP) is 1.90. The third kappa shape index (κ3) is 4.84. The highest BCUT2D eigenvalue weighted by atomic mass is 32.2. The zero-order valence-corrected chi connectivity index (χ0v) is 16.7. The van der Waals surface area contributed by atoms with E-state index in [2.05, 4.69) is 25.2 Å². The first-order valence-electron chi connectivity index (χ1n) is 8.61. The molecule has 3 rings (SSSR count). The first kappa shape index (κ1) is 19.8. The van der Waals surface area contributed by atoms with Crippen molar-refractivity contribution in [3.8, 4) is 11.3 Å². The molecule has 0 amide bonds. The average molecular weight is 402 g/mol. The summed E-state index contributed by atoms with van der Waals surface area (Å²) in [4.78, 5) is 6.32. The van der Waals surface area contributed by atoms with Crippen molar-refractivity contribution in [3.63, 3.8) is 0 Å². The molecule has 2 aromatic heterocycles. The highest BCUT2D eigenvalue weighted by molar-refractivity contribution is 7.89. The van der Waals surface area contributed by atoms with E-state index in [4.69, 9.17) is 4.42 Å². The van der Waals surface area contributed by atoms with E-state index in [9.17, 15) is 8.42 Å². The molecular weight excluding hydrogens is 380 g/mol. The third-order valence-electron chi connectivity index (χ3n) is 3.96. The molecule has 0 bridgehead atoms. The number of aromatic nitrogens is 3. The number of aryl methyl sites for hydroxylation is 1. The number of hydrogen-bond acceptors (Lipinski definition) is 8. The number of sulfonamides is 1. The minimum Gasteiger partial charge on any atom is -0.449 e. The third-order valence-corrected chi connectivity index (χ3v) is 5.44. The molecule has 28 heavy (non-hydrogen) atoms. The van der Waals surface area contributed by atoms with Crippen molar-refractivity contribution >= 4 is 21.5 Å². The van der Waals surface area contributed by atoms with E-state index in [0.29, 0.717) is 23.9 Å². The summed E-state index contributed by atoms with van der Waals surface area (Å²) in [6, 6.07) is 8.33. The summed E-state index contributed by atoms with van der Waals surface area (Å²) >= 11 is 0. The summed E-state index contributed by atoms with van der Waals surface area (Å²) in [5.41, 5.74) is 2.36. The van der Waals surface area contributed by atoms with Crippen molar-refractivity contribution in [2.45, 2.75) is 11.8 Å². The second-order valence-corrected chi connectivity index (χ2v) is 8.06. The van der Waals surface area contributed by atoms with E-state index >= 15 is 0 Å². The maximum absolute atomic E-state index is 12.4. The van der Waals surface area contributed by atoms with Gasteiger partial charge in [-0.3, -0.25) is 0 Å². The molecule has 10 heteroatoms. The molecule has 0 unspecified atom stereocenters. The number of anilines is 2. The van der Waals surface area contributed by atoms with Crippen LogP contribution in [0.15, 0.2) is 52.1 Å². The number of benzene rings is 1. The van der Waals surface area contributed by atoms with Crippen LogP contribution in [-0.4, -0.2) is 50.8 Å². The van der Waals surface area contributed by atoms with Gasteiger partial charge >= 0.3 is 0 Å². The lowest BCUT2D eigenvalue weighted by molar-refractivity contribution is 0.521. The van der Waals surface area contributed by atoms with Gasteiger partial charge in [-0.1, -0.05) is 12.1 Å². The normalized spacial score (nSPS) is 11.4. The topological polar surface area (TPSA) is 113 Å². The van der Waals surface area contributed by atoms with Crippen LogP contribution < -0.4 is 14.9 Å². The lowest BCUT2D eigenvalue weighted by Gasteiger charge is -2.13. The van der Waals surface area contributed by atoms with E-state index in [1.807, 2.05) is 25.1 Å². The van der Waals surface area contributed by atoms with Crippen molar-refractivity contribution in [2.24, 2.45) is 0 Å². The van der Waals surface area contributed by atoms with Gasteiger partial charge in [0.25, 0.3) is 0 Å². The quantitative estimate of drug-likeness (QED) is 0.549. The molecule has 0 aliphatic heterocycles. The van der Waals surface area contributed by atoms with Gasteiger partial charge in [0.1, 0.15) is 12.0 Å². The highest BCUT2D eigenvalue weighted by Crippen LogP contribution is 2.20. The summed E-state index contributed by atoms with van der Waals surface area (Å²) in [5.74, 6) is 1.14. The van der Waals surface area contributed by atoms with Gasteiger partial charge in [0.2, 0.25) is 10.0 Å². The van der Waals surface area contributed by atoms with Crippen LogP contribution in [0.2, 0.25) is 0 Å². The number of rotatable bonds is 8. The largest absolute Gasteiger partial charge is 0.449 e. The van der Waals surface area contributed by atoms with Crippen LogP contribution in [0.25, 0.3) is 11.3 Å². The van der Waals surface area contributed by atoms with Crippen LogP contribution in [-0.2, 0) is 10.0 Å². The van der Waals surface area contributed by atoms with Gasteiger partial charge < -0.3 is 14.6 Å². The summed E-state index contributed by atoms with van der Waals surface area (Å²) in [6.07, 6.45) is 3.19. The van der Waals surface area contributed by atoms with Crippen molar-refractivity contribution in [1.29, 1.82) is 0 Å². The monoisotopic (exact) mass is 402 g/mol. The number of oxazole rings is 1. The van der Waals surface area contributed by atoms with Gasteiger partial charge in [0, 0.05) is 45.7 Å². The minimum absolute atomic E-state index is 0.186. The fourth-order valence-electron chi connectivity index (χ4n) is 2.45. The summed E-state index contributed by atoms with van der Waals surface area (Å²) in [6.45, 7) is 2.34. The van der Waals surface area contributed by atoms with Crippen molar-refractivity contribution in [1.82, 2.24) is 19.9 Å². The molecule has 1 aromatic carbocycles. The Labute approximate surface area is 163 Å². The van der Waals surface area contributed by atoms with Crippen molar-refractivity contribution < 1.29 is 12.8 Å². The second-order valence-electron chi connectivity index (χ2n) is 6.29. The first-order valence-corrected chi connectivity index (χ1v) is 10.1. The number of hydrogen-bond donors (Lipinski definition) is 2. The van der Waals surface area contributed by atoms with Crippen LogP contribution in [0.3, 0.4) is 0 Å². The van der Waals surface area contributed by atoms with Crippen molar-refractivity contribution in [2.75, 3.05) is 37.4 Å². The van der Waals surface area contributed by atoms with Crippen LogP contribution in [0.4, 0.5) is 11.5 Å². The molecule has 0 aliphatic carbocycles. The van der Waals surface area contributed by atoms with Gasteiger partial charge in [-0.05, 0) is 12.1 Å².